The van der Waals surface area contributed by atoms with Gasteiger partial charge in [-0.15, -0.1) is 0 Å². The molecule has 3 heterocycles. The van der Waals surface area contributed by atoms with Gasteiger partial charge in [-0.25, -0.2) is 19.8 Å². The van der Waals surface area contributed by atoms with E-state index in [4.69, 9.17) is 9.57 Å². The van der Waals surface area contributed by atoms with E-state index in [0.717, 1.165) is 72.0 Å². The van der Waals surface area contributed by atoms with E-state index in [0.29, 0.717) is 37.5 Å². The fourth-order valence-corrected chi connectivity index (χ4v) is 6.91. The molecule has 1 aliphatic carbocycles. The van der Waals surface area contributed by atoms with E-state index >= 15 is 0 Å². The topological polar surface area (TPSA) is 136 Å². The number of amidine groups is 1. The van der Waals surface area contributed by atoms with Crippen LogP contribution in [0.4, 0.5) is 0 Å². The Morgan fingerprint density at radius 1 is 1.04 bits per heavy atom. The van der Waals surface area contributed by atoms with Crippen LogP contribution in [0.5, 0.6) is 0 Å². The molecule has 4 aromatic rings. The molecule has 2 aromatic heterocycles. The maximum atomic E-state index is 14.4. The van der Waals surface area contributed by atoms with Crippen molar-refractivity contribution in [3.63, 3.8) is 0 Å². The highest BCUT2D eigenvalue weighted by Gasteiger charge is 2.39. The Morgan fingerprint density at radius 3 is 2.37 bits per heavy atom. The Hall–Kier alpha value is -3.90. The summed E-state index contributed by atoms with van der Waals surface area (Å²) in [6.07, 6.45) is 8.23. The van der Waals surface area contributed by atoms with Crippen molar-refractivity contribution in [2.24, 2.45) is 10.9 Å². The van der Waals surface area contributed by atoms with Gasteiger partial charge in [0.15, 0.2) is 5.84 Å². The normalized spacial score (nSPS) is 21.3. The van der Waals surface area contributed by atoms with Crippen molar-refractivity contribution < 1.29 is 19.8 Å². The summed E-state index contributed by atoms with van der Waals surface area (Å²) in [6, 6.07) is 16.1. The molecule has 3 N–H and O–H groups in total. The van der Waals surface area contributed by atoms with Gasteiger partial charge >= 0.3 is 0 Å². The SMILES string of the molecule is CCCc1c(Cc2ccc(-c3ccccc3C3=NC(O)(C(C)C)ON3)cc2)c(=O)n(C2CCC(OCC(O)(CC)CC)CC2)c2ncnn12. The van der Waals surface area contributed by atoms with Gasteiger partial charge in [0.05, 0.1) is 24.0 Å². The summed E-state index contributed by atoms with van der Waals surface area (Å²) in [5.74, 6) is -0.780. The lowest BCUT2D eigenvalue weighted by Crippen LogP contribution is -2.37. The number of hydrogen-bond donors (Lipinski definition) is 3. The number of ether oxygens (including phenoxy) is 1. The lowest BCUT2D eigenvalue weighted by atomic mass is 9.91. The second kappa shape index (κ2) is 14.5. The molecular formula is C38H50N6O5. The number of benzene rings is 2. The fourth-order valence-electron chi connectivity index (χ4n) is 6.91. The molecular weight excluding hydrogens is 620 g/mol. The Balaban J connectivity index is 1.26. The first-order valence-electron chi connectivity index (χ1n) is 17.8. The lowest BCUT2D eigenvalue weighted by Gasteiger charge is -2.33. The standard InChI is InChI=1S/C38H50N6O5/c1-6-11-33-32(22-26-14-16-27(17-15-26)30-12-9-10-13-31(30)34-41-38(47,25(4)5)49-42-34)35(45)43(36-39-24-40-44(33)36)28-18-20-29(21-19-28)48-23-37(46,7-2)8-3/h9-10,12-17,24-25,28-29,46-47H,6-8,11,18-23H2,1-5H3,(H,41,42). The molecule has 0 saturated heterocycles. The van der Waals surface area contributed by atoms with E-state index in [1.54, 1.807) is 6.33 Å². The molecule has 11 heteroatoms. The van der Waals surface area contributed by atoms with Gasteiger partial charge in [-0.1, -0.05) is 89.6 Å². The zero-order valence-corrected chi connectivity index (χ0v) is 29.4. The molecule has 2 aromatic carbocycles. The maximum absolute atomic E-state index is 14.4. The summed E-state index contributed by atoms with van der Waals surface area (Å²) in [7, 11) is 0. The number of aliphatic hydroxyl groups is 2. The number of aliphatic imine (C=N–C) groups is 1. The second-order valence-electron chi connectivity index (χ2n) is 13.9. The number of nitrogens with one attached hydrogen (secondary N) is 1. The summed E-state index contributed by atoms with van der Waals surface area (Å²) in [4.78, 5) is 28.9. The van der Waals surface area contributed by atoms with Crippen LogP contribution in [-0.4, -0.2) is 59.4 Å². The minimum atomic E-state index is -1.62. The third-order valence-electron chi connectivity index (χ3n) is 10.4. The van der Waals surface area contributed by atoms with Gasteiger partial charge in [-0.05, 0) is 61.6 Å². The maximum Gasteiger partial charge on any atom is 0.293 e. The van der Waals surface area contributed by atoms with Crippen LogP contribution in [0, 0.1) is 5.92 Å². The first-order valence-corrected chi connectivity index (χ1v) is 17.8. The van der Waals surface area contributed by atoms with Crippen LogP contribution < -0.4 is 11.0 Å². The van der Waals surface area contributed by atoms with Crippen LogP contribution in [0.3, 0.4) is 0 Å². The van der Waals surface area contributed by atoms with E-state index in [-0.39, 0.29) is 23.6 Å². The lowest BCUT2D eigenvalue weighted by molar-refractivity contribution is -0.230. The summed E-state index contributed by atoms with van der Waals surface area (Å²) in [6.45, 7) is 10.1. The van der Waals surface area contributed by atoms with Crippen LogP contribution in [0.1, 0.15) is 108 Å². The number of nitrogens with zero attached hydrogens (tertiary/aromatic N) is 5. The molecule has 1 saturated carbocycles. The van der Waals surface area contributed by atoms with Crippen LogP contribution in [0.25, 0.3) is 16.9 Å². The molecule has 1 atom stereocenters. The highest BCUT2D eigenvalue weighted by molar-refractivity contribution is 6.04. The smallest absolute Gasteiger partial charge is 0.293 e. The molecule has 0 radical (unpaired) electrons. The van der Waals surface area contributed by atoms with Crippen molar-refractivity contribution in [1.29, 1.82) is 0 Å². The van der Waals surface area contributed by atoms with Gasteiger partial charge in [-0.3, -0.25) is 9.36 Å². The second-order valence-corrected chi connectivity index (χ2v) is 13.9. The average molecular weight is 671 g/mol. The summed E-state index contributed by atoms with van der Waals surface area (Å²) in [5.41, 5.74) is 7.46. The van der Waals surface area contributed by atoms with E-state index in [1.165, 1.54) is 0 Å². The third kappa shape index (κ3) is 7.08. The number of hydroxylamine groups is 1. The summed E-state index contributed by atoms with van der Waals surface area (Å²) in [5, 5.41) is 26.0. The van der Waals surface area contributed by atoms with E-state index in [2.05, 4.69) is 51.7 Å². The van der Waals surface area contributed by atoms with Crippen molar-refractivity contribution in [2.75, 3.05) is 6.61 Å². The largest absolute Gasteiger partial charge is 0.388 e. The molecule has 6 rings (SSSR count). The number of aryl methyl sites for hydroxylation is 1. The number of aromatic nitrogens is 4. The number of hydrogen-bond acceptors (Lipinski definition) is 9. The van der Waals surface area contributed by atoms with Crippen molar-refractivity contribution in [1.82, 2.24) is 24.6 Å². The fraction of sp³-hybridized carbons (Fsp3) is 0.526. The van der Waals surface area contributed by atoms with Crippen LogP contribution in [0.15, 0.2) is 64.6 Å². The average Bonchev–Trinajstić information content (AvgIpc) is 3.77. The molecule has 0 spiro atoms. The zero-order valence-electron chi connectivity index (χ0n) is 29.4. The van der Waals surface area contributed by atoms with Crippen molar-refractivity contribution in [3.05, 3.63) is 87.6 Å². The predicted octanol–water partition coefficient (Wildman–Crippen LogP) is 5.74. The van der Waals surface area contributed by atoms with E-state index in [9.17, 15) is 15.0 Å². The summed E-state index contributed by atoms with van der Waals surface area (Å²) < 4.78 is 9.90. The number of rotatable bonds is 13. The molecule has 262 valence electrons. The van der Waals surface area contributed by atoms with Crippen molar-refractivity contribution >= 4 is 11.6 Å². The van der Waals surface area contributed by atoms with Gasteiger partial charge in [-0.2, -0.15) is 10.1 Å². The molecule has 0 bridgehead atoms. The minimum absolute atomic E-state index is 0.00274. The zero-order chi connectivity index (χ0) is 34.8. The summed E-state index contributed by atoms with van der Waals surface area (Å²) >= 11 is 0. The van der Waals surface area contributed by atoms with Crippen molar-refractivity contribution in [2.45, 2.75) is 116 Å². The van der Waals surface area contributed by atoms with Crippen molar-refractivity contribution in [3.8, 4) is 11.1 Å². The monoisotopic (exact) mass is 670 g/mol. The molecule has 11 nitrogen and oxygen atoms in total. The first kappa shape index (κ1) is 34.9. The molecule has 1 aliphatic heterocycles. The quantitative estimate of drug-likeness (QED) is 0.164. The van der Waals surface area contributed by atoms with Gasteiger partial charge in [0, 0.05) is 29.5 Å². The van der Waals surface area contributed by atoms with Gasteiger partial charge in [0.2, 0.25) is 5.78 Å². The van der Waals surface area contributed by atoms with Crippen LogP contribution in [0.2, 0.25) is 0 Å². The number of fused-ring (bicyclic) bond motifs is 1. The van der Waals surface area contributed by atoms with Gasteiger partial charge < -0.3 is 14.9 Å². The Labute approximate surface area is 288 Å². The predicted molar refractivity (Wildman–Crippen MR) is 189 cm³/mol. The highest BCUT2D eigenvalue weighted by atomic mass is 16.8. The molecule has 1 fully saturated rings. The highest BCUT2D eigenvalue weighted by Crippen LogP contribution is 2.33. The van der Waals surface area contributed by atoms with E-state index in [1.807, 2.05) is 61.0 Å². The molecule has 49 heavy (non-hydrogen) atoms. The molecule has 2 aliphatic rings. The third-order valence-corrected chi connectivity index (χ3v) is 10.4. The van der Waals surface area contributed by atoms with Gasteiger partial charge in [0.25, 0.3) is 11.5 Å². The van der Waals surface area contributed by atoms with Crippen LogP contribution in [-0.2, 0) is 22.4 Å². The van der Waals surface area contributed by atoms with Crippen LogP contribution >= 0.6 is 0 Å². The first-order chi connectivity index (χ1) is 23.6. The molecule has 1 unspecified atom stereocenters. The Bertz CT molecular complexity index is 1840. The van der Waals surface area contributed by atoms with Gasteiger partial charge in [0.1, 0.15) is 6.33 Å². The molecule has 0 amide bonds. The Morgan fingerprint density at radius 2 is 1.73 bits per heavy atom. The Kier molecular flexibility index (Phi) is 10.4. The minimum Gasteiger partial charge on any atom is -0.388 e. The van der Waals surface area contributed by atoms with E-state index < -0.39 is 11.5 Å².